The van der Waals surface area contributed by atoms with Crippen LogP contribution >= 0.6 is 0 Å². The van der Waals surface area contributed by atoms with Crippen LogP contribution in [0.25, 0.3) is 0 Å². The number of hydrogen-bond acceptors (Lipinski definition) is 1. The Morgan fingerprint density at radius 1 is 0.684 bits per heavy atom. The Hall–Kier alpha value is -0.460. The first-order chi connectivity index (χ1) is 9.31. The van der Waals surface area contributed by atoms with Crippen molar-refractivity contribution in [3.05, 3.63) is 12.8 Å². The van der Waals surface area contributed by atoms with Crippen LogP contribution in [-0.4, -0.2) is 18.5 Å². The molecule has 0 saturated carbocycles. The van der Waals surface area contributed by atoms with Gasteiger partial charge >= 0.3 is 0 Å². The fraction of sp³-hybridized carbons (Fsp3) is 0.889. The molecule has 0 aliphatic rings. The van der Waals surface area contributed by atoms with Crippen LogP contribution in [0.4, 0.5) is 0 Å². The molecule has 0 aromatic carbocycles. The Bertz CT molecular complexity index is 177. The van der Waals surface area contributed by atoms with Gasteiger partial charge in [0.05, 0.1) is 0 Å². The van der Waals surface area contributed by atoms with E-state index in [1.807, 2.05) is 6.20 Å². The van der Waals surface area contributed by atoms with Gasteiger partial charge in [0.25, 0.3) is 0 Å². The van der Waals surface area contributed by atoms with Crippen molar-refractivity contribution in [2.75, 3.05) is 13.6 Å². The van der Waals surface area contributed by atoms with E-state index in [1.165, 1.54) is 90.0 Å². The monoisotopic (exact) mass is 267 g/mol. The average molecular weight is 268 g/mol. The molecule has 0 heterocycles. The molecule has 0 aliphatic heterocycles. The first-order valence-electron chi connectivity index (χ1n) is 8.64. The molecule has 0 rings (SSSR count). The normalized spacial score (nSPS) is 10.6. The van der Waals surface area contributed by atoms with Crippen molar-refractivity contribution in [2.45, 2.75) is 90.4 Å². The molecule has 0 spiro atoms. The topological polar surface area (TPSA) is 3.24 Å². The molecular formula is C18H37N. The summed E-state index contributed by atoms with van der Waals surface area (Å²) in [6, 6.07) is 0. The lowest BCUT2D eigenvalue weighted by atomic mass is 10.0. The molecule has 0 radical (unpaired) electrons. The number of unbranched alkanes of at least 4 members (excludes halogenated alkanes) is 12. The molecule has 0 aliphatic carbocycles. The highest BCUT2D eigenvalue weighted by Gasteiger charge is 1.94. The highest BCUT2D eigenvalue weighted by molar-refractivity contribution is 4.65. The molecule has 0 N–H and O–H groups in total. The Morgan fingerprint density at radius 2 is 1.05 bits per heavy atom. The molecule has 0 unspecified atom stereocenters. The molecule has 1 nitrogen and oxygen atoms in total. The Labute approximate surface area is 122 Å². The van der Waals surface area contributed by atoms with Crippen molar-refractivity contribution < 1.29 is 0 Å². The molecule has 0 aromatic heterocycles. The predicted octanol–water partition coefficient (Wildman–Crippen LogP) is 6.15. The third-order valence-electron chi connectivity index (χ3n) is 3.93. The molecule has 0 fully saturated rings. The van der Waals surface area contributed by atoms with E-state index in [0.29, 0.717) is 0 Å². The first-order valence-corrected chi connectivity index (χ1v) is 8.64. The van der Waals surface area contributed by atoms with Crippen LogP contribution in [0.5, 0.6) is 0 Å². The van der Waals surface area contributed by atoms with Crippen LogP contribution in [0.2, 0.25) is 0 Å². The molecule has 0 saturated heterocycles. The van der Waals surface area contributed by atoms with Crippen LogP contribution in [0.15, 0.2) is 12.8 Å². The highest BCUT2D eigenvalue weighted by Crippen LogP contribution is 2.12. The summed E-state index contributed by atoms with van der Waals surface area (Å²) < 4.78 is 0. The molecule has 0 bridgehead atoms. The minimum atomic E-state index is 1.17. The summed E-state index contributed by atoms with van der Waals surface area (Å²) in [4.78, 5) is 2.18. The van der Waals surface area contributed by atoms with Crippen LogP contribution < -0.4 is 0 Å². The molecule has 114 valence electrons. The third kappa shape index (κ3) is 15.5. The van der Waals surface area contributed by atoms with E-state index in [9.17, 15) is 0 Å². The van der Waals surface area contributed by atoms with Crippen molar-refractivity contribution in [3.63, 3.8) is 0 Å². The van der Waals surface area contributed by atoms with E-state index < -0.39 is 0 Å². The van der Waals surface area contributed by atoms with Crippen LogP contribution in [0.1, 0.15) is 90.4 Å². The summed E-state index contributed by atoms with van der Waals surface area (Å²) in [7, 11) is 2.10. The second-order valence-corrected chi connectivity index (χ2v) is 5.91. The van der Waals surface area contributed by atoms with Gasteiger partial charge < -0.3 is 4.90 Å². The minimum absolute atomic E-state index is 1.17. The highest BCUT2D eigenvalue weighted by atomic mass is 15.1. The lowest BCUT2D eigenvalue weighted by Crippen LogP contribution is -2.11. The van der Waals surface area contributed by atoms with Crippen LogP contribution in [-0.2, 0) is 0 Å². The zero-order valence-corrected chi connectivity index (χ0v) is 13.6. The number of rotatable bonds is 15. The maximum absolute atomic E-state index is 3.77. The van der Waals surface area contributed by atoms with Gasteiger partial charge in [-0.3, -0.25) is 0 Å². The summed E-state index contributed by atoms with van der Waals surface area (Å²) in [6.07, 6.45) is 20.5. The molecule has 0 atom stereocenters. The maximum atomic E-state index is 3.77. The fourth-order valence-corrected chi connectivity index (χ4v) is 2.47. The first kappa shape index (κ1) is 18.5. The Balaban J connectivity index is 2.97. The zero-order chi connectivity index (χ0) is 14.2. The van der Waals surface area contributed by atoms with Crippen LogP contribution in [0, 0.1) is 0 Å². The van der Waals surface area contributed by atoms with E-state index in [2.05, 4.69) is 25.5 Å². The van der Waals surface area contributed by atoms with E-state index in [0.717, 1.165) is 0 Å². The SMILES string of the molecule is C=CN(C)CCCCCCCCCCCCCCC. The minimum Gasteiger partial charge on any atom is -0.381 e. The van der Waals surface area contributed by atoms with Gasteiger partial charge in [0.15, 0.2) is 0 Å². The maximum Gasteiger partial charge on any atom is 0.0169 e. The van der Waals surface area contributed by atoms with E-state index in [1.54, 1.807) is 0 Å². The van der Waals surface area contributed by atoms with Gasteiger partial charge in [-0.25, -0.2) is 0 Å². The smallest absolute Gasteiger partial charge is 0.0169 e. The summed E-state index contributed by atoms with van der Waals surface area (Å²) >= 11 is 0. The van der Waals surface area contributed by atoms with Gasteiger partial charge in [-0.05, 0) is 12.6 Å². The fourth-order valence-electron chi connectivity index (χ4n) is 2.47. The molecular weight excluding hydrogens is 230 g/mol. The summed E-state index contributed by atoms with van der Waals surface area (Å²) in [6.45, 7) is 7.22. The van der Waals surface area contributed by atoms with E-state index >= 15 is 0 Å². The van der Waals surface area contributed by atoms with Crippen molar-refractivity contribution in [1.82, 2.24) is 4.90 Å². The number of hydrogen-bond donors (Lipinski definition) is 0. The van der Waals surface area contributed by atoms with Gasteiger partial charge in [0.1, 0.15) is 0 Å². The van der Waals surface area contributed by atoms with Gasteiger partial charge in [-0.15, -0.1) is 0 Å². The summed E-state index contributed by atoms with van der Waals surface area (Å²) in [5, 5.41) is 0. The number of nitrogens with zero attached hydrogens (tertiary/aromatic N) is 1. The summed E-state index contributed by atoms with van der Waals surface area (Å²) in [5.41, 5.74) is 0. The largest absolute Gasteiger partial charge is 0.381 e. The molecule has 1 heteroatoms. The standard InChI is InChI=1S/C18H37N/c1-4-6-7-8-9-10-11-12-13-14-15-16-17-18-19(3)5-2/h5H,2,4,6-18H2,1,3H3. The van der Waals surface area contributed by atoms with E-state index in [4.69, 9.17) is 0 Å². The van der Waals surface area contributed by atoms with Gasteiger partial charge in [0, 0.05) is 13.6 Å². The molecule has 0 amide bonds. The van der Waals surface area contributed by atoms with Gasteiger partial charge in [-0.1, -0.05) is 90.6 Å². The lowest BCUT2D eigenvalue weighted by molar-refractivity contribution is 0.429. The predicted molar refractivity (Wildman–Crippen MR) is 88.5 cm³/mol. The summed E-state index contributed by atoms with van der Waals surface area (Å²) in [5.74, 6) is 0. The second kappa shape index (κ2) is 15.6. The van der Waals surface area contributed by atoms with E-state index in [-0.39, 0.29) is 0 Å². The third-order valence-corrected chi connectivity index (χ3v) is 3.93. The average Bonchev–Trinajstić information content (AvgIpc) is 2.43. The van der Waals surface area contributed by atoms with Gasteiger partial charge in [-0.2, -0.15) is 0 Å². The zero-order valence-electron chi connectivity index (χ0n) is 13.6. The van der Waals surface area contributed by atoms with Crippen LogP contribution in [0.3, 0.4) is 0 Å². The Morgan fingerprint density at radius 3 is 1.42 bits per heavy atom. The second-order valence-electron chi connectivity index (χ2n) is 5.91. The van der Waals surface area contributed by atoms with Crippen molar-refractivity contribution in [2.24, 2.45) is 0 Å². The van der Waals surface area contributed by atoms with Crippen molar-refractivity contribution in [1.29, 1.82) is 0 Å². The quantitative estimate of drug-likeness (QED) is 0.321. The molecule has 0 aromatic rings. The lowest BCUT2D eigenvalue weighted by Gasteiger charge is -2.12. The van der Waals surface area contributed by atoms with Gasteiger partial charge in [0.2, 0.25) is 0 Å². The van der Waals surface area contributed by atoms with Crippen molar-refractivity contribution >= 4 is 0 Å². The molecule has 19 heavy (non-hydrogen) atoms. The Kier molecular flexibility index (Phi) is 15.2. The van der Waals surface area contributed by atoms with Crippen molar-refractivity contribution in [3.8, 4) is 0 Å².